The summed E-state index contributed by atoms with van der Waals surface area (Å²) in [7, 11) is 0. The third-order valence-corrected chi connectivity index (χ3v) is 3.69. The van der Waals surface area contributed by atoms with Crippen molar-refractivity contribution in [3.8, 4) is 0 Å². The molecular weight excluding hydrogens is 282 g/mol. The van der Waals surface area contributed by atoms with Gasteiger partial charge in [0.15, 0.2) is 0 Å². The Morgan fingerprint density at radius 1 is 1.65 bits per heavy atom. The number of hydrogen-bond acceptors (Lipinski definition) is 3. The summed E-state index contributed by atoms with van der Waals surface area (Å²) in [6, 6.07) is 1.32. The van der Waals surface area contributed by atoms with Gasteiger partial charge in [-0.3, -0.25) is 4.79 Å². The Morgan fingerprint density at radius 3 is 2.82 bits per heavy atom. The van der Waals surface area contributed by atoms with E-state index in [0.29, 0.717) is 5.82 Å². The van der Waals surface area contributed by atoms with Crippen LogP contribution in [-0.2, 0) is 4.79 Å². The number of anilines is 1. The van der Waals surface area contributed by atoms with Gasteiger partial charge in [0.2, 0.25) is 5.91 Å². The zero-order chi connectivity index (χ0) is 13.0. The van der Waals surface area contributed by atoms with Crippen LogP contribution in [0, 0.1) is 12.8 Å². The minimum absolute atomic E-state index is 0.159. The van der Waals surface area contributed by atoms with Gasteiger partial charge < -0.3 is 11.1 Å². The van der Waals surface area contributed by atoms with E-state index in [1.54, 1.807) is 6.20 Å². The van der Waals surface area contributed by atoms with Crippen molar-refractivity contribution in [2.24, 2.45) is 11.7 Å². The molecule has 0 spiro atoms. The van der Waals surface area contributed by atoms with Crippen molar-refractivity contribution >= 4 is 27.7 Å². The van der Waals surface area contributed by atoms with Crippen LogP contribution in [0.5, 0.6) is 0 Å². The monoisotopic (exact) mass is 299 g/mol. The molecule has 1 amide bonds. The smallest absolute Gasteiger partial charge is 0.242 e. The fourth-order valence-corrected chi connectivity index (χ4v) is 1.55. The number of carbonyl (C=O) groups excluding carboxylic acids is 1. The first-order chi connectivity index (χ1) is 7.95. The van der Waals surface area contributed by atoms with Gasteiger partial charge in [0.1, 0.15) is 5.82 Å². The van der Waals surface area contributed by atoms with Gasteiger partial charge in [-0.15, -0.1) is 0 Å². The first kappa shape index (κ1) is 14.1. The van der Waals surface area contributed by atoms with Gasteiger partial charge in [0.05, 0.1) is 6.04 Å². The van der Waals surface area contributed by atoms with Crippen molar-refractivity contribution in [2.45, 2.75) is 33.2 Å². The number of pyridine rings is 1. The van der Waals surface area contributed by atoms with E-state index in [0.717, 1.165) is 16.5 Å². The van der Waals surface area contributed by atoms with E-state index >= 15 is 0 Å². The van der Waals surface area contributed by atoms with Crippen molar-refractivity contribution in [3.05, 3.63) is 22.3 Å². The molecule has 94 valence electrons. The highest BCUT2D eigenvalue weighted by molar-refractivity contribution is 9.10. The van der Waals surface area contributed by atoms with E-state index in [1.165, 1.54) is 0 Å². The number of nitrogens with two attached hydrogens (primary N) is 1. The number of amides is 1. The highest BCUT2D eigenvalue weighted by Gasteiger charge is 2.19. The standard InChI is InChI=1S/C12H18BrN3O/c1-4-7(2)11(14)12(17)16-10-5-8(3)9(13)6-15-10/h5-7,11H,4,14H2,1-3H3,(H,15,16,17)/t7-,11-/m0/s1. The molecule has 1 heterocycles. The Labute approximate surface area is 110 Å². The second-order valence-electron chi connectivity index (χ2n) is 4.22. The summed E-state index contributed by atoms with van der Waals surface area (Å²) >= 11 is 3.36. The van der Waals surface area contributed by atoms with Gasteiger partial charge in [0.25, 0.3) is 0 Å². The van der Waals surface area contributed by atoms with Gasteiger partial charge in [0, 0.05) is 10.7 Å². The predicted molar refractivity (Wildman–Crippen MR) is 72.7 cm³/mol. The largest absolute Gasteiger partial charge is 0.320 e. The first-order valence-electron chi connectivity index (χ1n) is 5.64. The molecule has 5 heteroatoms. The molecule has 4 nitrogen and oxygen atoms in total. The average Bonchev–Trinajstić information content (AvgIpc) is 2.31. The van der Waals surface area contributed by atoms with Crippen LogP contribution in [0.2, 0.25) is 0 Å². The summed E-state index contributed by atoms with van der Waals surface area (Å²) in [6.07, 6.45) is 2.54. The summed E-state index contributed by atoms with van der Waals surface area (Å²) in [5.41, 5.74) is 6.86. The zero-order valence-corrected chi connectivity index (χ0v) is 11.9. The molecular formula is C12H18BrN3O. The number of rotatable bonds is 4. The van der Waals surface area contributed by atoms with Gasteiger partial charge in [-0.25, -0.2) is 4.98 Å². The molecule has 0 aromatic carbocycles. The van der Waals surface area contributed by atoms with Crippen molar-refractivity contribution in [1.82, 2.24) is 4.98 Å². The third-order valence-electron chi connectivity index (χ3n) is 2.86. The molecule has 1 aromatic rings. The number of nitrogens with zero attached hydrogens (tertiary/aromatic N) is 1. The molecule has 0 bridgehead atoms. The minimum Gasteiger partial charge on any atom is -0.320 e. The van der Waals surface area contributed by atoms with Crippen LogP contribution in [0.15, 0.2) is 16.7 Å². The molecule has 0 saturated carbocycles. The van der Waals surface area contributed by atoms with Gasteiger partial charge in [-0.1, -0.05) is 20.3 Å². The summed E-state index contributed by atoms with van der Waals surface area (Å²) in [6.45, 7) is 5.92. The average molecular weight is 300 g/mol. The van der Waals surface area contributed by atoms with E-state index in [2.05, 4.69) is 26.2 Å². The molecule has 0 aliphatic heterocycles. The number of hydrogen-bond donors (Lipinski definition) is 2. The Kier molecular flexibility index (Phi) is 5.08. The van der Waals surface area contributed by atoms with Crippen molar-refractivity contribution in [3.63, 3.8) is 0 Å². The molecule has 17 heavy (non-hydrogen) atoms. The second kappa shape index (κ2) is 6.12. The van der Waals surface area contributed by atoms with Crippen LogP contribution in [0.3, 0.4) is 0 Å². The highest BCUT2D eigenvalue weighted by atomic mass is 79.9. The van der Waals surface area contributed by atoms with Crippen molar-refractivity contribution < 1.29 is 4.79 Å². The van der Waals surface area contributed by atoms with Gasteiger partial charge in [-0.05, 0) is 40.4 Å². The minimum atomic E-state index is -0.495. The van der Waals surface area contributed by atoms with E-state index in [-0.39, 0.29) is 11.8 Å². The normalized spacial score (nSPS) is 14.2. The maximum Gasteiger partial charge on any atom is 0.242 e. The number of carbonyl (C=O) groups is 1. The van der Waals surface area contributed by atoms with Gasteiger partial charge in [-0.2, -0.15) is 0 Å². The van der Waals surface area contributed by atoms with E-state index in [1.807, 2.05) is 26.8 Å². The molecule has 1 rings (SSSR count). The lowest BCUT2D eigenvalue weighted by Gasteiger charge is -2.17. The number of nitrogens with one attached hydrogen (secondary N) is 1. The Morgan fingerprint density at radius 2 is 2.29 bits per heavy atom. The number of halogens is 1. The lowest BCUT2D eigenvalue weighted by atomic mass is 9.99. The molecule has 0 aliphatic carbocycles. The van der Waals surface area contributed by atoms with Crippen molar-refractivity contribution in [1.29, 1.82) is 0 Å². The summed E-state index contributed by atoms with van der Waals surface area (Å²) < 4.78 is 0.918. The Bertz CT molecular complexity index is 409. The molecule has 0 saturated heterocycles. The molecule has 0 unspecified atom stereocenters. The van der Waals surface area contributed by atoms with Crippen LogP contribution in [0.25, 0.3) is 0 Å². The fourth-order valence-electron chi connectivity index (χ4n) is 1.33. The van der Waals surface area contributed by atoms with E-state index < -0.39 is 6.04 Å². The molecule has 0 fully saturated rings. The SMILES string of the molecule is CC[C@H](C)[C@H](N)C(=O)Nc1cc(C)c(Br)cn1. The van der Waals surface area contributed by atoms with Gasteiger partial charge >= 0.3 is 0 Å². The Balaban J connectivity index is 2.71. The summed E-state index contributed by atoms with van der Waals surface area (Å²) in [5.74, 6) is 0.509. The van der Waals surface area contributed by atoms with Crippen LogP contribution < -0.4 is 11.1 Å². The zero-order valence-electron chi connectivity index (χ0n) is 10.3. The van der Waals surface area contributed by atoms with Crippen LogP contribution >= 0.6 is 15.9 Å². The molecule has 3 N–H and O–H groups in total. The predicted octanol–water partition coefficient (Wildman–Crippen LogP) is 2.46. The molecule has 0 radical (unpaired) electrons. The van der Waals surface area contributed by atoms with Crippen LogP contribution in [0.1, 0.15) is 25.8 Å². The second-order valence-corrected chi connectivity index (χ2v) is 5.07. The van der Waals surface area contributed by atoms with E-state index in [4.69, 9.17) is 5.73 Å². The molecule has 2 atom stereocenters. The van der Waals surface area contributed by atoms with Crippen LogP contribution in [-0.4, -0.2) is 16.9 Å². The maximum atomic E-state index is 11.8. The Hall–Kier alpha value is -0.940. The maximum absolute atomic E-state index is 11.8. The fraction of sp³-hybridized carbons (Fsp3) is 0.500. The number of aryl methyl sites for hydroxylation is 1. The third kappa shape index (κ3) is 3.78. The summed E-state index contributed by atoms with van der Waals surface area (Å²) in [4.78, 5) is 15.9. The molecule has 0 aliphatic rings. The van der Waals surface area contributed by atoms with Crippen LogP contribution in [0.4, 0.5) is 5.82 Å². The molecule has 1 aromatic heterocycles. The lowest BCUT2D eigenvalue weighted by molar-refractivity contribution is -0.118. The first-order valence-corrected chi connectivity index (χ1v) is 6.43. The summed E-state index contributed by atoms with van der Waals surface area (Å²) in [5, 5.41) is 2.73. The van der Waals surface area contributed by atoms with E-state index in [9.17, 15) is 4.79 Å². The van der Waals surface area contributed by atoms with Crippen molar-refractivity contribution in [2.75, 3.05) is 5.32 Å². The topological polar surface area (TPSA) is 68.0 Å². The quantitative estimate of drug-likeness (QED) is 0.897. The number of aromatic nitrogens is 1. The lowest BCUT2D eigenvalue weighted by Crippen LogP contribution is -2.40. The highest BCUT2D eigenvalue weighted by Crippen LogP contribution is 2.17.